The van der Waals surface area contributed by atoms with E-state index in [1.807, 2.05) is 20.8 Å². The molecule has 0 aromatic carbocycles. The van der Waals surface area contributed by atoms with Gasteiger partial charge in [0.05, 0.1) is 5.60 Å². The van der Waals surface area contributed by atoms with Gasteiger partial charge in [0.2, 0.25) is 0 Å². The van der Waals surface area contributed by atoms with Gasteiger partial charge in [0.15, 0.2) is 0 Å². The summed E-state index contributed by atoms with van der Waals surface area (Å²) < 4.78 is 5.48. The van der Waals surface area contributed by atoms with Crippen LogP contribution in [0.5, 0.6) is 0 Å². The Morgan fingerprint density at radius 1 is 1.38 bits per heavy atom. The highest BCUT2D eigenvalue weighted by Gasteiger charge is 2.18. The zero-order valence-corrected chi connectivity index (χ0v) is 8.92. The summed E-state index contributed by atoms with van der Waals surface area (Å²) in [5, 5.41) is 11.4. The summed E-state index contributed by atoms with van der Waals surface area (Å²) in [6, 6.07) is -0.586. The highest BCUT2D eigenvalue weighted by Crippen LogP contribution is 2.09. The summed E-state index contributed by atoms with van der Waals surface area (Å²) in [6.07, 6.45) is -0.258. The van der Waals surface area contributed by atoms with E-state index in [9.17, 15) is 4.79 Å². The predicted molar refractivity (Wildman–Crippen MR) is 50.5 cm³/mol. The molecule has 0 bridgehead atoms. The van der Waals surface area contributed by atoms with E-state index in [1.165, 1.54) is 0 Å². The zero-order valence-electron chi connectivity index (χ0n) is 8.92. The van der Waals surface area contributed by atoms with Crippen molar-refractivity contribution in [3.8, 4) is 0 Å². The van der Waals surface area contributed by atoms with Gasteiger partial charge in [-0.2, -0.15) is 0 Å². The molecule has 0 aliphatic rings. The second kappa shape index (κ2) is 4.58. The van der Waals surface area contributed by atoms with Crippen molar-refractivity contribution >= 4 is 5.97 Å². The minimum absolute atomic E-state index is 0.258. The molecule has 0 aromatic heterocycles. The Morgan fingerprint density at radius 2 is 1.85 bits per heavy atom. The quantitative estimate of drug-likeness (QED) is 0.653. The first-order chi connectivity index (χ1) is 5.72. The van der Waals surface area contributed by atoms with Crippen molar-refractivity contribution in [2.45, 2.75) is 52.5 Å². The Balaban J connectivity index is 3.88. The highest BCUT2D eigenvalue weighted by molar-refractivity contribution is 5.72. The summed E-state index contributed by atoms with van der Waals surface area (Å²) in [6.45, 7) is 9.17. The lowest BCUT2D eigenvalue weighted by molar-refractivity contribution is -0.141. The number of ether oxygens (including phenoxy) is 1. The summed E-state index contributed by atoms with van der Waals surface area (Å²) >= 11 is 0. The highest BCUT2D eigenvalue weighted by atomic mass is 16.5. The molecule has 0 radical (unpaired) electrons. The van der Waals surface area contributed by atoms with Crippen LogP contribution < -0.4 is 5.32 Å². The Kier molecular flexibility index (Phi) is 4.36. The second-order valence-corrected chi connectivity index (χ2v) is 4.10. The van der Waals surface area contributed by atoms with Crippen LogP contribution in [0.2, 0.25) is 0 Å². The molecule has 0 heterocycles. The van der Waals surface area contributed by atoms with Crippen LogP contribution in [0.1, 0.15) is 34.6 Å². The number of carboxylic acids is 1. The first-order valence-corrected chi connectivity index (χ1v) is 4.39. The van der Waals surface area contributed by atoms with Crippen molar-refractivity contribution in [1.82, 2.24) is 5.32 Å². The van der Waals surface area contributed by atoms with Gasteiger partial charge in [-0.3, -0.25) is 10.1 Å². The monoisotopic (exact) mass is 189 g/mol. The maximum Gasteiger partial charge on any atom is 0.320 e. The van der Waals surface area contributed by atoms with Crippen LogP contribution in [0.3, 0.4) is 0 Å². The van der Waals surface area contributed by atoms with Crippen LogP contribution in [0, 0.1) is 0 Å². The number of nitrogens with one attached hydrogen (secondary N) is 1. The fourth-order valence-corrected chi connectivity index (χ4v) is 0.988. The number of carbonyl (C=O) groups is 1. The third-order valence-electron chi connectivity index (χ3n) is 1.39. The summed E-state index contributed by atoms with van der Waals surface area (Å²) in [5.74, 6) is -0.871. The van der Waals surface area contributed by atoms with Gasteiger partial charge in [-0.05, 0) is 34.6 Å². The molecule has 4 nitrogen and oxygen atoms in total. The lowest BCUT2D eigenvalue weighted by Gasteiger charge is -2.26. The SMILES string of the molecule is CC(N[C@@H](C)C(=O)O)OC(C)(C)C. The van der Waals surface area contributed by atoms with Crippen LogP contribution >= 0.6 is 0 Å². The second-order valence-electron chi connectivity index (χ2n) is 4.10. The first-order valence-electron chi connectivity index (χ1n) is 4.39. The molecule has 0 saturated heterocycles. The smallest absolute Gasteiger partial charge is 0.320 e. The number of hydrogen-bond acceptors (Lipinski definition) is 3. The van der Waals surface area contributed by atoms with E-state index in [-0.39, 0.29) is 11.8 Å². The van der Waals surface area contributed by atoms with Gasteiger partial charge >= 0.3 is 5.97 Å². The predicted octanol–water partition coefficient (Wildman–Crippen LogP) is 1.21. The molecule has 78 valence electrons. The summed E-state index contributed by atoms with van der Waals surface area (Å²) in [4.78, 5) is 10.5. The Morgan fingerprint density at radius 3 is 2.15 bits per heavy atom. The average molecular weight is 189 g/mol. The fraction of sp³-hybridized carbons (Fsp3) is 0.889. The van der Waals surface area contributed by atoms with Gasteiger partial charge in [0.1, 0.15) is 12.3 Å². The maximum absolute atomic E-state index is 10.5. The van der Waals surface area contributed by atoms with Gasteiger partial charge in [-0.15, -0.1) is 0 Å². The number of aliphatic carboxylic acids is 1. The topological polar surface area (TPSA) is 58.6 Å². The largest absolute Gasteiger partial charge is 0.480 e. The van der Waals surface area contributed by atoms with E-state index in [2.05, 4.69) is 5.32 Å². The van der Waals surface area contributed by atoms with Crippen LogP contribution in [0.15, 0.2) is 0 Å². The number of hydrogen-bond donors (Lipinski definition) is 2. The van der Waals surface area contributed by atoms with Crippen molar-refractivity contribution in [2.24, 2.45) is 0 Å². The fourth-order valence-electron chi connectivity index (χ4n) is 0.988. The van der Waals surface area contributed by atoms with Crippen molar-refractivity contribution in [1.29, 1.82) is 0 Å². The van der Waals surface area contributed by atoms with Gasteiger partial charge in [-0.25, -0.2) is 0 Å². The lowest BCUT2D eigenvalue weighted by atomic mass is 10.2. The number of carboxylic acid groups (broad SMARTS) is 1. The molecule has 0 aliphatic heterocycles. The molecule has 13 heavy (non-hydrogen) atoms. The molecule has 0 fully saturated rings. The minimum atomic E-state index is -0.871. The van der Waals surface area contributed by atoms with E-state index in [4.69, 9.17) is 9.84 Å². The van der Waals surface area contributed by atoms with Crippen molar-refractivity contribution in [3.05, 3.63) is 0 Å². The van der Waals surface area contributed by atoms with Crippen LogP contribution in [0.25, 0.3) is 0 Å². The molecule has 0 saturated carbocycles. The van der Waals surface area contributed by atoms with E-state index in [1.54, 1.807) is 13.8 Å². The molecular formula is C9H19NO3. The Bertz CT molecular complexity index is 174. The minimum Gasteiger partial charge on any atom is -0.480 e. The molecule has 2 atom stereocenters. The lowest BCUT2D eigenvalue weighted by Crippen LogP contribution is -2.44. The first kappa shape index (κ1) is 12.4. The molecule has 0 aromatic rings. The van der Waals surface area contributed by atoms with Crippen molar-refractivity contribution < 1.29 is 14.6 Å². The van der Waals surface area contributed by atoms with Crippen LogP contribution in [-0.2, 0) is 9.53 Å². The molecular weight excluding hydrogens is 170 g/mol. The average Bonchev–Trinajstić information content (AvgIpc) is 1.81. The van der Waals surface area contributed by atoms with Crippen LogP contribution in [0.4, 0.5) is 0 Å². The summed E-state index contributed by atoms with van der Waals surface area (Å²) in [5.41, 5.74) is -0.259. The van der Waals surface area contributed by atoms with E-state index in [0.29, 0.717) is 0 Å². The molecule has 2 N–H and O–H groups in total. The molecule has 0 spiro atoms. The van der Waals surface area contributed by atoms with Crippen LogP contribution in [-0.4, -0.2) is 28.9 Å². The molecule has 0 rings (SSSR count). The Hall–Kier alpha value is -0.610. The van der Waals surface area contributed by atoms with Gasteiger partial charge in [0.25, 0.3) is 0 Å². The van der Waals surface area contributed by atoms with E-state index >= 15 is 0 Å². The number of rotatable bonds is 4. The van der Waals surface area contributed by atoms with Crippen molar-refractivity contribution in [3.63, 3.8) is 0 Å². The van der Waals surface area contributed by atoms with E-state index < -0.39 is 12.0 Å². The van der Waals surface area contributed by atoms with E-state index in [0.717, 1.165) is 0 Å². The normalized spacial score (nSPS) is 16.7. The molecule has 4 heteroatoms. The third kappa shape index (κ3) is 6.54. The summed E-state index contributed by atoms with van der Waals surface area (Å²) in [7, 11) is 0. The maximum atomic E-state index is 10.5. The van der Waals surface area contributed by atoms with Gasteiger partial charge in [0, 0.05) is 0 Å². The third-order valence-corrected chi connectivity index (χ3v) is 1.39. The zero-order chi connectivity index (χ0) is 10.6. The standard InChI is InChI=1S/C9H19NO3/c1-6(8(11)12)10-7(2)13-9(3,4)5/h6-7,10H,1-5H3,(H,11,12)/t6-,7?/m0/s1. The Labute approximate surface area is 79.3 Å². The molecule has 1 unspecified atom stereocenters. The van der Waals surface area contributed by atoms with Gasteiger partial charge < -0.3 is 9.84 Å². The molecule has 0 aliphatic carbocycles. The van der Waals surface area contributed by atoms with Gasteiger partial charge in [-0.1, -0.05) is 0 Å². The molecule has 0 amide bonds. The van der Waals surface area contributed by atoms with Crippen molar-refractivity contribution in [2.75, 3.05) is 0 Å².